The van der Waals surface area contributed by atoms with Gasteiger partial charge in [0.05, 0.1) is 45.8 Å². The van der Waals surface area contributed by atoms with Crippen LogP contribution in [0.15, 0.2) is 81.2 Å². The first-order valence-electron chi connectivity index (χ1n) is 22.0. The molecule has 66 heavy (non-hydrogen) atoms. The number of hydrogen-bond donors (Lipinski definition) is 1. The van der Waals surface area contributed by atoms with Gasteiger partial charge in [-0.25, -0.2) is 23.1 Å². The van der Waals surface area contributed by atoms with E-state index in [1.165, 1.54) is 21.5 Å². The molecule has 0 unspecified atom stereocenters. The molecule has 3 aliphatic rings. The summed E-state index contributed by atoms with van der Waals surface area (Å²) in [6.07, 6.45) is 7.17. The minimum Gasteiger partial charge on any atom is -0.376 e. The molecule has 8 aromatic rings. The third kappa shape index (κ3) is 6.44. The Balaban J connectivity index is 0.00000511. The number of benzene rings is 3. The Hall–Kier alpha value is -6.59. The number of aryl methyl sites for hydroxylation is 3. The fourth-order valence-electron chi connectivity index (χ4n) is 10.8. The van der Waals surface area contributed by atoms with E-state index in [1.54, 1.807) is 65.6 Å². The highest BCUT2D eigenvalue weighted by molar-refractivity contribution is 6.00. The van der Waals surface area contributed by atoms with Crippen LogP contribution in [-0.4, -0.2) is 73.0 Å². The number of imidazole rings is 1. The van der Waals surface area contributed by atoms with Crippen LogP contribution < -0.4 is 11.4 Å². The van der Waals surface area contributed by atoms with Gasteiger partial charge in [-0.1, -0.05) is 18.1 Å². The summed E-state index contributed by atoms with van der Waals surface area (Å²) >= 11 is 0. The first kappa shape index (κ1) is 43.3. The van der Waals surface area contributed by atoms with Crippen LogP contribution in [0.1, 0.15) is 103 Å². The number of hydrogen-bond acceptors (Lipinski definition) is 8. The number of carbonyl (C=O) groups excluding carboxylic acids is 1. The molecule has 4 atom stereocenters. The average molecular weight is 919 g/mol. The molecule has 18 heteroatoms. The number of aromatic nitrogens is 9. The van der Waals surface area contributed by atoms with Gasteiger partial charge in [-0.05, 0) is 125 Å². The fourth-order valence-corrected chi connectivity index (χ4v) is 10.8. The maximum atomic E-state index is 16.1. The number of ether oxygens (including phenoxy) is 1. The van der Waals surface area contributed by atoms with Gasteiger partial charge in [-0.15, -0.1) is 12.4 Å². The highest BCUT2D eigenvalue weighted by Crippen LogP contribution is 2.56. The lowest BCUT2D eigenvalue weighted by atomic mass is 9.83. The van der Waals surface area contributed by atoms with E-state index in [2.05, 4.69) is 54.2 Å². The molecule has 0 radical (unpaired) electrons. The molecule has 1 aliphatic carbocycles. The third-order valence-electron chi connectivity index (χ3n) is 14.2. The van der Waals surface area contributed by atoms with Crippen molar-refractivity contribution in [1.29, 1.82) is 0 Å². The van der Waals surface area contributed by atoms with E-state index in [1.807, 2.05) is 17.6 Å². The zero-order valence-electron chi connectivity index (χ0n) is 37.6. The highest BCUT2D eigenvalue weighted by atomic mass is 35.5. The van der Waals surface area contributed by atoms with Gasteiger partial charge in [0.1, 0.15) is 22.9 Å². The summed E-state index contributed by atoms with van der Waals surface area (Å²) in [5.41, 5.74) is 3.92. The van der Waals surface area contributed by atoms with Crippen LogP contribution in [0.2, 0.25) is 0 Å². The first-order valence-corrected chi connectivity index (χ1v) is 22.0. The van der Waals surface area contributed by atoms with Crippen LogP contribution in [0.25, 0.3) is 39.0 Å². The Morgan fingerprint density at radius 1 is 0.939 bits per heavy atom. The van der Waals surface area contributed by atoms with Crippen molar-refractivity contribution in [2.24, 2.45) is 13.0 Å². The standard InChI is InChI=1S/C48H48F2N10O5.ClH/c1-25-18-32(19-26(2)40(25)49)60-42(58-16-15-57(46(58)63)37-11-10-36-33(41(37)50)24-51-55(36)7)39-28(4)56(14-12-34(39)53-60)43(61)38-21-31-20-29(30-13-17-64-47(5,6)23-30)8-9-35(31)59(38)48(22-27(48)3)44-52-45(62)65-54-44;/h8-11,15-16,18-21,24,27-28,30H,12-14,17,22-23H2,1-7H3,(H,52,54,62);1H/t27-,28-,30-,48-;/m0./s1. The maximum Gasteiger partial charge on any atom is 0.438 e. The molecule has 3 aromatic carbocycles. The second-order valence-electron chi connectivity index (χ2n) is 18.8. The van der Waals surface area contributed by atoms with E-state index >= 15 is 13.6 Å². The molecule has 0 spiro atoms. The molecule has 1 saturated carbocycles. The quantitative estimate of drug-likeness (QED) is 0.170. The predicted molar refractivity (Wildman–Crippen MR) is 244 cm³/mol. The second kappa shape index (κ2) is 15.2. The minimum atomic E-state index is -0.857. The molecule has 11 rings (SSSR count). The number of carbonyl (C=O) groups is 1. The van der Waals surface area contributed by atoms with Crippen LogP contribution in [-0.2, 0) is 23.7 Å². The average Bonchev–Trinajstić information content (AvgIpc) is 3.90. The monoisotopic (exact) mass is 918 g/mol. The van der Waals surface area contributed by atoms with E-state index in [4.69, 9.17) is 14.4 Å². The first-order chi connectivity index (χ1) is 31.1. The number of halogens is 3. The van der Waals surface area contributed by atoms with Gasteiger partial charge in [0, 0.05) is 55.5 Å². The summed E-state index contributed by atoms with van der Waals surface area (Å²) < 4.78 is 50.2. The molecular formula is C48H49ClF2N10O5. The van der Waals surface area contributed by atoms with Gasteiger partial charge in [-0.2, -0.15) is 10.2 Å². The fraction of sp³-hybridized carbons (Fsp3) is 0.375. The van der Waals surface area contributed by atoms with Gasteiger partial charge >= 0.3 is 11.4 Å². The summed E-state index contributed by atoms with van der Waals surface area (Å²) in [5.74, 6) is -0.925. The summed E-state index contributed by atoms with van der Waals surface area (Å²) in [7, 11) is 1.72. The Morgan fingerprint density at radius 3 is 2.36 bits per heavy atom. The number of aromatic amines is 1. The Kier molecular flexibility index (Phi) is 10.00. The number of rotatable bonds is 7. The number of fused-ring (bicyclic) bond motifs is 3. The molecule has 5 aromatic heterocycles. The van der Waals surface area contributed by atoms with Gasteiger partial charge in [0.2, 0.25) is 0 Å². The van der Waals surface area contributed by atoms with Gasteiger partial charge in [0.25, 0.3) is 5.91 Å². The zero-order valence-corrected chi connectivity index (χ0v) is 38.4. The van der Waals surface area contributed by atoms with Crippen molar-refractivity contribution < 1.29 is 22.8 Å². The smallest absolute Gasteiger partial charge is 0.376 e. The number of nitrogens with one attached hydrogen (secondary N) is 1. The summed E-state index contributed by atoms with van der Waals surface area (Å²) in [5, 5.41) is 14.6. The zero-order chi connectivity index (χ0) is 45.4. The predicted octanol–water partition coefficient (Wildman–Crippen LogP) is 7.86. The van der Waals surface area contributed by atoms with Gasteiger partial charge < -0.3 is 14.2 Å². The van der Waals surface area contributed by atoms with E-state index in [0.717, 1.165) is 29.3 Å². The molecule has 7 heterocycles. The van der Waals surface area contributed by atoms with Crippen molar-refractivity contribution in [2.45, 2.75) is 90.3 Å². The van der Waals surface area contributed by atoms with Crippen LogP contribution in [0, 0.1) is 31.4 Å². The molecule has 15 nitrogen and oxygen atoms in total. The summed E-state index contributed by atoms with van der Waals surface area (Å²) in [4.78, 5) is 47.2. The van der Waals surface area contributed by atoms with Crippen LogP contribution in [0.5, 0.6) is 0 Å². The molecule has 2 aliphatic heterocycles. The molecule has 1 amide bonds. The van der Waals surface area contributed by atoms with E-state index in [9.17, 15) is 9.59 Å². The minimum absolute atomic E-state index is 0. The molecule has 342 valence electrons. The van der Waals surface area contributed by atoms with E-state index in [-0.39, 0.29) is 52.6 Å². The number of H-pyrrole nitrogens is 1. The molecule has 1 saturated heterocycles. The van der Waals surface area contributed by atoms with Crippen molar-refractivity contribution in [2.75, 3.05) is 13.2 Å². The molecule has 2 fully saturated rings. The topological polar surface area (TPSA) is 156 Å². The van der Waals surface area contributed by atoms with Crippen LogP contribution in [0.3, 0.4) is 0 Å². The van der Waals surface area contributed by atoms with Crippen molar-refractivity contribution >= 4 is 40.1 Å². The van der Waals surface area contributed by atoms with Crippen molar-refractivity contribution in [3.05, 3.63) is 139 Å². The molecular weight excluding hydrogens is 870 g/mol. The Morgan fingerprint density at radius 2 is 1.67 bits per heavy atom. The van der Waals surface area contributed by atoms with Gasteiger partial charge in [0.15, 0.2) is 11.6 Å². The lowest BCUT2D eigenvalue weighted by Crippen LogP contribution is -2.41. The van der Waals surface area contributed by atoms with Crippen molar-refractivity contribution in [3.8, 4) is 17.2 Å². The SMILES string of the molecule is Cc1cc(-n2nc3c(c2-n2ccn(-c4ccc5c(cnn5C)c4F)c2=O)[C@H](C)N(C(=O)c2cc4cc([C@H]5CCOC(C)(C)C5)ccc4n2[C@@]2(c4noc(=O)[nH]4)C[C@@H]2C)CC3)cc(C)c1F.Cl. The van der Waals surface area contributed by atoms with Crippen molar-refractivity contribution in [1.82, 2.24) is 48.3 Å². The highest BCUT2D eigenvalue weighted by Gasteiger charge is 2.59. The molecule has 0 bridgehead atoms. The third-order valence-corrected chi connectivity index (χ3v) is 14.2. The van der Waals surface area contributed by atoms with Gasteiger partial charge in [-0.3, -0.25) is 28.1 Å². The number of nitrogens with zero attached hydrogens (tertiary/aromatic N) is 9. The van der Waals surface area contributed by atoms with E-state index < -0.39 is 28.8 Å². The lowest BCUT2D eigenvalue weighted by molar-refractivity contribution is -0.0592. The summed E-state index contributed by atoms with van der Waals surface area (Å²) in [6.45, 7) is 12.5. The largest absolute Gasteiger partial charge is 0.438 e. The van der Waals surface area contributed by atoms with E-state index in [0.29, 0.717) is 76.9 Å². The lowest BCUT2D eigenvalue weighted by Gasteiger charge is -2.35. The van der Waals surface area contributed by atoms with Crippen LogP contribution in [0.4, 0.5) is 8.78 Å². The second-order valence-corrected chi connectivity index (χ2v) is 18.8. The Bertz CT molecular complexity index is 3380. The molecule has 1 N–H and O–H groups in total. The normalized spacial score (nSPS) is 21.3. The maximum absolute atomic E-state index is 16.1. The summed E-state index contributed by atoms with van der Waals surface area (Å²) in [6, 6.07) is 14.3. The van der Waals surface area contributed by atoms with Crippen molar-refractivity contribution in [3.63, 3.8) is 0 Å². The van der Waals surface area contributed by atoms with Crippen LogP contribution >= 0.6 is 12.4 Å². The number of amides is 1. The Labute approximate surface area is 383 Å².